The molecule has 2 aliphatic rings. The molecule has 2 aliphatic heterocycles. The van der Waals surface area contributed by atoms with Crippen LogP contribution in [0, 0.1) is 25.5 Å². The number of pyridine rings is 5. The van der Waals surface area contributed by atoms with E-state index in [9.17, 15) is 28.0 Å². The Morgan fingerprint density at radius 3 is 2.04 bits per heavy atom. The molecule has 0 saturated carbocycles. The van der Waals surface area contributed by atoms with Crippen molar-refractivity contribution in [2.45, 2.75) is 78.7 Å². The van der Waals surface area contributed by atoms with Crippen molar-refractivity contribution in [3.05, 3.63) is 98.1 Å². The van der Waals surface area contributed by atoms with E-state index >= 15 is 0 Å². The van der Waals surface area contributed by atoms with E-state index in [2.05, 4.69) is 19.9 Å². The third-order valence-electron chi connectivity index (χ3n) is 9.54. The van der Waals surface area contributed by atoms with Crippen molar-refractivity contribution in [3.8, 4) is 11.5 Å². The summed E-state index contributed by atoms with van der Waals surface area (Å²) in [6.07, 6.45) is 3.33. The van der Waals surface area contributed by atoms with Crippen LogP contribution in [0.25, 0.3) is 22.1 Å². The molecule has 7 heterocycles. The second kappa shape index (κ2) is 16.9. The fourth-order valence-corrected chi connectivity index (χ4v) is 6.68. The summed E-state index contributed by atoms with van der Waals surface area (Å²) < 4.78 is 47.4. The van der Waals surface area contributed by atoms with Crippen molar-refractivity contribution in [1.82, 2.24) is 33.9 Å². The Bertz CT molecular complexity index is 2370. The van der Waals surface area contributed by atoms with E-state index in [0.717, 1.165) is 25.9 Å². The van der Waals surface area contributed by atoms with Crippen molar-refractivity contribution >= 4 is 34.4 Å². The second-order valence-electron chi connectivity index (χ2n) is 14.7. The molecule has 0 atom stereocenters. The molecule has 0 unspecified atom stereocenters. The predicted molar refractivity (Wildman–Crippen MR) is 204 cm³/mol. The third-order valence-corrected chi connectivity index (χ3v) is 9.54. The van der Waals surface area contributed by atoms with Crippen molar-refractivity contribution in [3.63, 3.8) is 0 Å². The molecule has 296 valence electrons. The lowest BCUT2D eigenvalue weighted by Gasteiger charge is -2.39. The first-order valence-electron chi connectivity index (χ1n) is 18.4. The molecule has 0 bridgehead atoms. The SMILES string of the molecule is Cc1nc2ccc(=O)n(CC=O)c2cc1F.Cc1nc2ccc(=O)n(CCN3CCC(N(Cc4cc5c(cn4)OCCO5)C(=O)OC(C)(C)C)CC3)c2cc1F. The maximum Gasteiger partial charge on any atom is 0.410 e. The number of hydrogen-bond acceptors (Lipinski definition) is 11. The van der Waals surface area contributed by atoms with Crippen LogP contribution in [0.3, 0.4) is 0 Å². The molecule has 1 amide bonds. The van der Waals surface area contributed by atoms with E-state index in [-0.39, 0.29) is 35.5 Å². The normalized spacial score (nSPS) is 14.6. The minimum Gasteiger partial charge on any atom is -0.486 e. The number of hydrogen-bond donors (Lipinski definition) is 0. The Morgan fingerprint density at radius 1 is 0.875 bits per heavy atom. The monoisotopic (exact) mass is 773 g/mol. The topological polar surface area (TPSA) is 151 Å². The van der Waals surface area contributed by atoms with Gasteiger partial charge >= 0.3 is 6.09 Å². The Kier molecular flexibility index (Phi) is 12.1. The highest BCUT2D eigenvalue weighted by molar-refractivity contribution is 5.76. The summed E-state index contributed by atoms with van der Waals surface area (Å²) in [6.45, 7) is 12.4. The molecular formula is C40H45F2N7O7. The Hall–Kier alpha value is -5.77. The van der Waals surface area contributed by atoms with Crippen LogP contribution in [0.1, 0.15) is 50.7 Å². The first kappa shape index (κ1) is 39.9. The van der Waals surface area contributed by atoms with Crippen LogP contribution in [-0.2, 0) is 29.2 Å². The number of piperidine rings is 1. The molecule has 5 aromatic rings. The number of ether oxygens (including phenoxy) is 3. The lowest BCUT2D eigenvalue weighted by atomic mass is 10.0. The van der Waals surface area contributed by atoms with Gasteiger partial charge in [-0.1, -0.05) is 0 Å². The fraction of sp³-hybridized carbons (Fsp3) is 0.425. The van der Waals surface area contributed by atoms with Gasteiger partial charge in [-0.25, -0.2) is 23.5 Å². The molecule has 5 aromatic heterocycles. The Morgan fingerprint density at radius 2 is 1.45 bits per heavy atom. The van der Waals surface area contributed by atoms with E-state index in [0.29, 0.717) is 84.1 Å². The van der Waals surface area contributed by atoms with Crippen molar-refractivity contribution in [2.75, 3.05) is 32.8 Å². The van der Waals surface area contributed by atoms with Gasteiger partial charge in [-0.05, 0) is 59.6 Å². The number of nitrogens with zero attached hydrogens (tertiary/aromatic N) is 7. The van der Waals surface area contributed by atoms with E-state index in [1.807, 2.05) is 26.8 Å². The van der Waals surface area contributed by atoms with E-state index < -0.39 is 17.2 Å². The van der Waals surface area contributed by atoms with Crippen molar-refractivity contribution in [2.24, 2.45) is 0 Å². The highest BCUT2D eigenvalue weighted by atomic mass is 19.1. The number of amides is 1. The van der Waals surface area contributed by atoms with Gasteiger partial charge in [-0.3, -0.25) is 24.0 Å². The third kappa shape index (κ3) is 9.36. The Balaban J connectivity index is 0.000000277. The molecule has 0 aliphatic carbocycles. The van der Waals surface area contributed by atoms with E-state index in [1.165, 1.54) is 34.9 Å². The largest absolute Gasteiger partial charge is 0.486 e. The van der Waals surface area contributed by atoms with Crippen LogP contribution in [-0.4, -0.2) is 90.8 Å². The summed E-state index contributed by atoms with van der Waals surface area (Å²) in [5.41, 5.74) is 2.04. The summed E-state index contributed by atoms with van der Waals surface area (Å²) >= 11 is 0. The maximum atomic E-state index is 14.2. The van der Waals surface area contributed by atoms with Gasteiger partial charge in [0.2, 0.25) is 0 Å². The van der Waals surface area contributed by atoms with Gasteiger partial charge in [0.15, 0.2) is 11.5 Å². The minimum atomic E-state index is -0.630. The van der Waals surface area contributed by atoms with Gasteiger partial charge < -0.3 is 28.5 Å². The summed E-state index contributed by atoms with van der Waals surface area (Å²) in [4.78, 5) is 64.6. The zero-order chi connectivity index (χ0) is 40.1. The molecule has 16 heteroatoms. The predicted octanol–water partition coefficient (Wildman–Crippen LogP) is 4.95. The maximum absolute atomic E-state index is 14.2. The molecule has 7 rings (SSSR count). The number of aromatic nitrogens is 5. The molecule has 14 nitrogen and oxygen atoms in total. The highest BCUT2D eigenvalue weighted by Crippen LogP contribution is 2.31. The molecular weight excluding hydrogens is 728 g/mol. The van der Waals surface area contributed by atoms with Crippen LogP contribution in [0.15, 0.2) is 58.3 Å². The fourth-order valence-electron chi connectivity index (χ4n) is 6.68. The number of aryl methyl sites for hydroxylation is 2. The second-order valence-corrected chi connectivity index (χ2v) is 14.7. The van der Waals surface area contributed by atoms with Crippen LogP contribution < -0.4 is 20.6 Å². The molecule has 0 spiro atoms. The van der Waals surface area contributed by atoms with Gasteiger partial charge in [0.05, 0.1) is 58.4 Å². The van der Waals surface area contributed by atoms with Gasteiger partial charge in [0.1, 0.15) is 36.7 Å². The summed E-state index contributed by atoms with van der Waals surface area (Å²) in [6, 6.07) is 10.3. The quantitative estimate of drug-likeness (QED) is 0.197. The minimum absolute atomic E-state index is 0.0392. The van der Waals surface area contributed by atoms with Crippen LogP contribution in [0.2, 0.25) is 0 Å². The van der Waals surface area contributed by atoms with E-state index in [4.69, 9.17) is 14.2 Å². The number of fused-ring (bicyclic) bond motifs is 3. The van der Waals surface area contributed by atoms with Gasteiger partial charge in [-0.2, -0.15) is 0 Å². The Labute approximate surface area is 321 Å². The van der Waals surface area contributed by atoms with Crippen LogP contribution in [0.4, 0.5) is 13.6 Å². The lowest BCUT2D eigenvalue weighted by molar-refractivity contribution is -0.108. The first-order valence-corrected chi connectivity index (χ1v) is 18.4. The number of aldehydes is 1. The standard InChI is InChI=1S/C29H36FN5O5.C11H9FN2O2/c1-19-22(30)16-24-23(32-19)5-6-27(36)34(24)12-11-33-9-7-21(8-10-33)35(28(37)40-29(2,3)4)18-20-15-25-26(17-31-20)39-14-13-38-25;1-7-8(12)6-10-9(13-7)2-3-11(16)14(10)4-5-15/h5-6,15-17,21H,7-14,18H2,1-4H3;2-3,5-6H,4H2,1H3. The number of carbonyl (C=O) groups is 2. The number of carbonyl (C=O) groups excluding carboxylic acids is 2. The van der Waals surface area contributed by atoms with Gasteiger partial charge in [0.25, 0.3) is 11.1 Å². The van der Waals surface area contributed by atoms with E-state index in [1.54, 1.807) is 35.6 Å². The summed E-state index contributed by atoms with van der Waals surface area (Å²) in [7, 11) is 0. The van der Waals surface area contributed by atoms with Crippen LogP contribution >= 0.6 is 0 Å². The summed E-state index contributed by atoms with van der Waals surface area (Å²) in [5, 5.41) is 0. The first-order chi connectivity index (χ1) is 26.7. The number of likely N-dealkylation sites (tertiary alicyclic amines) is 1. The molecule has 0 radical (unpaired) electrons. The smallest absolute Gasteiger partial charge is 0.410 e. The van der Waals surface area contributed by atoms with Crippen LogP contribution in [0.5, 0.6) is 11.5 Å². The zero-order valence-corrected chi connectivity index (χ0v) is 32.1. The molecule has 1 saturated heterocycles. The van der Waals surface area contributed by atoms with Crippen molar-refractivity contribution in [1.29, 1.82) is 0 Å². The van der Waals surface area contributed by atoms with Crippen molar-refractivity contribution < 1.29 is 32.6 Å². The molecule has 56 heavy (non-hydrogen) atoms. The molecule has 0 N–H and O–H groups in total. The average Bonchev–Trinajstić information content (AvgIpc) is 3.16. The number of rotatable bonds is 8. The summed E-state index contributed by atoms with van der Waals surface area (Å²) in [5.74, 6) is 0.315. The average molecular weight is 774 g/mol. The number of halogens is 2. The lowest BCUT2D eigenvalue weighted by Crippen LogP contribution is -2.49. The van der Waals surface area contributed by atoms with Gasteiger partial charge in [0, 0.05) is 62.6 Å². The molecule has 0 aromatic carbocycles. The van der Waals surface area contributed by atoms with Gasteiger partial charge in [-0.15, -0.1) is 0 Å². The zero-order valence-electron chi connectivity index (χ0n) is 32.1. The molecule has 1 fully saturated rings. The highest BCUT2D eigenvalue weighted by Gasteiger charge is 2.32.